The van der Waals surface area contributed by atoms with Crippen LogP contribution in [0.4, 0.5) is 0 Å². The molecule has 0 bridgehead atoms. The number of carbonyl (C=O) groups is 1. The quantitative estimate of drug-likeness (QED) is 0.495. The van der Waals surface area contributed by atoms with E-state index in [0.29, 0.717) is 0 Å². The molecule has 1 rings (SSSR count). The third kappa shape index (κ3) is 2.82. The van der Waals surface area contributed by atoms with Crippen LogP contribution in [0.1, 0.15) is 12.8 Å². The Morgan fingerprint density at radius 3 is 2.00 bits per heavy atom. The van der Waals surface area contributed by atoms with Crippen LogP contribution in [0, 0.1) is 5.92 Å². The van der Waals surface area contributed by atoms with Gasteiger partial charge in [0, 0.05) is 0 Å². The third-order valence-corrected chi connectivity index (χ3v) is 0.927. The summed E-state index contributed by atoms with van der Waals surface area (Å²) in [5.41, 5.74) is 0. The van der Waals surface area contributed by atoms with E-state index in [-0.39, 0.29) is 57.3 Å². The maximum absolute atomic E-state index is 9.76. The Kier molecular flexibility index (Phi) is 3.70. The van der Waals surface area contributed by atoms with Crippen LogP contribution in [0.15, 0.2) is 0 Å². The second kappa shape index (κ2) is 3.20. The van der Waals surface area contributed by atoms with Crippen molar-refractivity contribution >= 4 is 57.4 Å². The summed E-state index contributed by atoms with van der Waals surface area (Å²) in [6.45, 7) is 0. The van der Waals surface area contributed by atoms with E-state index in [1.165, 1.54) is 0 Å². The summed E-state index contributed by atoms with van der Waals surface area (Å²) in [7, 11) is 0. The number of hydrogen-bond donors (Lipinski definition) is 1. The van der Waals surface area contributed by atoms with Crippen molar-refractivity contribution < 1.29 is 9.90 Å². The Hall–Kier alpha value is 1.11. The third-order valence-electron chi connectivity index (χ3n) is 0.927. The fourth-order valence-electron chi connectivity index (χ4n) is 0.330. The molecule has 0 atom stereocenters. The number of rotatable bonds is 1. The van der Waals surface area contributed by atoms with Gasteiger partial charge in [-0.1, -0.05) is 0 Å². The number of hydrogen-bond acceptors (Lipinski definition) is 1. The van der Waals surface area contributed by atoms with E-state index in [9.17, 15) is 4.79 Å². The molecule has 0 aliphatic heterocycles. The molecule has 2 nitrogen and oxygen atoms in total. The number of carboxylic acids is 1. The first-order valence-corrected chi connectivity index (χ1v) is 2.03. The van der Waals surface area contributed by atoms with Crippen molar-refractivity contribution in [3.63, 3.8) is 0 Å². The normalized spacial score (nSPS) is 17.7. The van der Waals surface area contributed by atoms with Crippen LogP contribution in [0.2, 0.25) is 0 Å². The van der Waals surface area contributed by atoms with Gasteiger partial charge in [0.2, 0.25) is 0 Å². The van der Waals surface area contributed by atoms with Gasteiger partial charge in [-0.2, -0.15) is 0 Å². The first-order valence-electron chi connectivity index (χ1n) is 2.03. The first kappa shape index (κ1) is 8.11. The van der Waals surface area contributed by atoms with E-state index in [2.05, 4.69) is 0 Å². The Balaban J connectivity index is 0.000000360. The van der Waals surface area contributed by atoms with Crippen LogP contribution in [0.3, 0.4) is 0 Å². The first-order chi connectivity index (χ1) is 2.80. The summed E-state index contributed by atoms with van der Waals surface area (Å²) in [5.74, 6) is -0.611. The van der Waals surface area contributed by atoms with Crippen LogP contribution in [-0.2, 0) is 4.79 Å². The molecule has 3 heteroatoms. The summed E-state index contributed by atoms with van der Waals surface area (Å²) in [5, 5.41) is 8.05. The molecule has 7 heavy (non-hydrogen) atoms. The van der Waals surface area contributed by atoms with E-state index in [4.69, 9.17) is 5.11 Å². The van der Waals surface area contributed by atoms with Crippen molar-refractivity contribution in [1.29, 1.82) is 0 Å². The molecule has 1 N–H and O–H groups in total. The molecule has 1 saturated carbocycles. The Labute approximate surface area is 84.7 Å². The van der Waals surface area contributed by atoms with Crippen LogP contribution >= 0.6 is 0 Å². The molecule has 0 unspecified atom stereocenters. The monoisotopic (exact) mass is 126 g/mol. The number of aliphatic carboxylic acids is 1. The molecular weight excluding hydrogens is 119 g/mol. The Morgan fingerprint density at radius 2 is 2.00 bits per heavy atom. The van der Waals surface area contributed by atoms with Crippen molar-refractivity contribution in [2.75, 3.05) is 0 Å². The van der Waals surface area contributed by atoms with Gasteiger partial charge in [0.1, 0.15) is 0 Å². The molecule has 0 aromatic carbocycles. The van der Waals surface area contributed by atoms with Gasteiger partial charge in [-0.25, -0.2) is 0 Å². The SMILES string of the molecule is O=C(O)C1CC1.[KH]. The molecule has 0 amide bonds. The van der Waals surface area contributed by atoms with E-state index >= 15 is 0 Å². The summed E-state index contributed by atoms with van der Waals surface area (Å²) < 4.78 is 0. The fourth-order valence-corrected chi connectivity index (χ4v) is 0.330. The molecule has 1 aliphatic carbocycles. The summed E-state index contributed by atoms with van der Waals surface area (Å²) in [6, 6.07) is 0. The average Bonchev–Trinajstić information content (AvgIpc) is 2.06. The predicted octanol–water partition coefficient (Wildman–Crippen LogP) is -0.167. The van der Waals surface area contributed by atoms with E-state index in [0.717, 1.165) is 12.8 Å². The van der Waals surface area contributed by atoms with Gasteiger partial charge in [0.05, 0.1) is 5.92 Å². The summed E-state index contributed by atoms with van der Waals surface area (Å²) >= 11 is 0. The second-order valence-electron chi connectivity index (χ2n) is 1.61. The summed E-state index contributed by atoms with van der Waals surface area (Å²) in [6.07, 6.45) is 1.80. The van der Waals surface area contributed by atoms with Crippen LogP contribution in [0.5, 0.6) is 0 Å². The molecule has 1 fully saturated rings. The van der Waals surface area contributed by atoms with Crippen LogP contribution in [-0.4, -0.2) is 62.5 Å². The van der Waals surface area contributed by atoms with Gasteiger partial charge in [0.15, 0.2) is 0 Å². The van der Waals surface area contributed by atoms with Gasteiger partial charge >= 0.3 is 57.4 Å². The standard InChI is InChI=1S/C4H6O2.K.H/c5-4(6)3-1-2-3;;/h3H,1-2H2,(H,5,6);;. The van der Waals surface area contributed by atoms with Crippen molar-refractivity contribution in [3.05, 3.63) is 0 Å². The van der Waals surface area contributed by atoms with Gasteiger partial charge in [-0.3, -0.25) is 4.79 Å². The molecule has 0 saturated heterocycles. The van der Waals surface area contributed by atoms with Crippen molar-refractivity contribution in [3.8, 4) is 0 Å². The van der Waals surface area contributed by atoms with Crippen molar-refractivity contribution in [1.82, 2.24) is 0 Å². The zero-order valence-electron chi connectivity index (χ0n) is 3.35. The van der Waals surface area contributed by atoms with Gasteiger partial charge in [-0.15, -0.1) is 0 Å². The van der Waals surface area contributed by atoms with E-state index in [1.54, 1.807) is 0 Å². The molecule has 0 spiro atoms. The van der Waals surface area contributed by atoms with Crippen LogP contribution in [0.25, 0.3) is 0 Å². The molecule has 0 aromatic heterocycles. The molecule has 0 radical (unpaired) electrons. The van der Waals surface area contributed by atoms with E-state index < -0.39 is 5.97 Å². The Bertz CT molecular complexity index is 77.8. The van der Waals surface area contributed by atoms with E-state index in [1.807, 2.05) is 0 Å². The van der Waals surface area contributed by atoms with Crippen molar-refractivity contribution in [2.24, 2.45) is 5.92 Å². The zero-order valence-corrected chi connectivity index (χ0v) is 3.35. The second-order valence-corrected chi connectivity index (χ2v) is 1.61. The Morgan fingerprint density at radius 1 is 1.57 bits per heavy atom. The van der Waals surface area contributed by atoms with Crippen molar-refractivity contribution in [2.45, 2.75) is 12.8 Å². The predicted molar refractivity (Wildman–Crippen MR) is 27.5 cm³/mol. The number of carboxylic acid groups (broad SMARTS) is 1. The molecule has 0 aromatic rings. The van der Waals surface area contributed by atoms with Crippen LogP contribution < -0.4 is 0 Å². The molecule has 36 valence electrons. The minimum absolute atomic E-state index is 0. The maximum atomic E-state index is 9.76. The molecule has 0 heterocycles. The topological polar surface area (TPSA) is 37.3 Å². The molecule has 1 aliphatic rings. The zero-order chi connectivity index (χ0) is 4.57. The minimum atomic E-state index is -0.630. The average molecular weight is 126 g/mol. The van der Waals surface area contributed by atoms with Gasteiger partial charge in [-0.05, 0) is 12.8 Å². The molecular formula is C4H7KO2. The summed E-state index contributed by atoms with van der Waals surface area (Å²) in [4.78, 5) is 9.76. The van der Waals surface area contributed by atoms with Gasteiger partial charge in [0.25, 0.3) is 0 Å². The van der Waals surface area contributed by atoms with Gasteiger partial charge < -0.3 is 5.11 Å². The fraction of sp³-hybridized carbons (Fsp3) is 0.750.